The average Bonchev–Trinajstić information content (AvgIpc) is 2.58. The molecule has 2 aliphatic rings. The Hall–Kier alpha value is -1.50. The third kappa shape index (κ3) is 1.02. The molecular formula is C10H12N2O2. The first kappa shape index (κ1) is 9.07. The van der Waals surface area contributed by atoms with E-state index in [1.54, 1.807) is 4.90 Å². The van der Waals surface area contributed by atoms with Gasteiger partial charge in [-0.1, -0.05) is 0 Å². The highest BCUT2D eigenvalue weighted by atomic mass is 16.2. The summed E-state index contributed by atoms with van der Waals surface area (Å²) in [4.78, 5) is 24.9. The Morgan fingerprint density at radius 1 is 1.57 bits per heavy atom. The summed E-state index contributed by atoms with van der Waals surface area (Å²) in [6, 6.07) is 0. The number of hydrogen-bond donors (Lipinski definition) is 1. The number of fused-ring (bicyclic) bond motifs is 1. The second-order valence-corrected chi connectivity index (χ2v) is 3.74. The van der Waals surface area contributed by atoms with E-state index < -0.39 is 5.54 Å². The minimum absolute atomic E-state index is 0.0163. The molecule has 0 saturated carbocycles. The van der Waals surface area contributed by atoms with Crippen LogP contribution < -0.4 is 5.32 Å². The fourth-order valence-corrected chi connectivity index (χ4v) is 2.33. The Balaban J connectivity index is 2.36. The van der Waals surface area contributed by atoms with Crippen LogP contribution in [0.1, 0.15) is 19.3 Å². The molecule has 0 aromatic rings. The van der Waals surface area contributed by atoms with Crippen LogP contribution in [0, 0.1) is 12.3 Å². The second kappa shape index (κ2) is 3.02. The number of amides is 2. The molecule has 0 spiro atoms. The molecule has 1 N–H and O–H groups in total. The second-order valence-electron chi connectivity index (χ2n) is 3.74. The van der Waals surface area contributed by atoms with Crippen LogP contribution in [-0.2, 0) is 9.59 Å². The standard InChI is InChI=1S/C10H12N2O2/c1-2-4-10-5-3-6-12(10)8(13)7-11-9(10)14/h1H,3-7H2,(H,11,14). The molecule has 2 rings (SSSR count). The van der Waals surface area contributed by atoms with Crippen LogP contribution in [0.15, 0.2) is 0 Å². The van der Waals surface area contributed by atoms with Crippen molar-refractivity contribution in [2.24, 2.45) is 0 Å². The molecule has 2 saturated heterocycles. The van der Waals surface area contributed by atoms with Crippen molar-refractivity contribution in [1.82, 2.24) is 10.2 Å². The zero-order valence-electron chi connectivity index (χ0n) is 7.88. The zero-order valence-corrected chi connectivity index (χ0v) is 7.88. The first-order valence-corrected chi connectivity index (χ1v) is 4.73. The smallest absolute Gasteiger partial charge is 0.247 e. The van der Waals surface area contributed by atoms with E-state index in [1.807, 2.05) is 0 Å². The highest BCUT2D eigenvalue weighted by molar-refractivity contribution is 5.98. The van der Waals surface area contributed by atoms with Crippen LogP contribution >= 0.6 is 0 Å². The predicted octanol–water partition coefficient (Wildman–Crippen LogP) is -0.499. The van der Waals surface area contributed by atoms with Crippen molar-refractivity contribution in [3.8, 4) is 12.3 Å². The van der Waals surface area contributed by atoms with Crippen LogP contribution in [0.5, 0.6) is 0 Å². The van der Waals surface area contributed by atoms with E-state index in [9.17, 15) is 9.59 Å². The summed E-state index contributed by atoms with van der Waals surface area (Å²) in [5, 5.41) is 2.60. The van der Waals surface area contributed by atoms with E-state index >= 15 is 0 Å². The number of terminal acetylenes is 1. The van der Waals surface area contributed by atoms with Crippen LogP contribution in [0.4, 0.5) is 0 Å². The van der Waals surface area contributed by atoms with E-state index in [-0.39, 0.29) is 18.4 Å². The Morgan fingerprint density at radius 3 is 3.07 bits per heavy atom. The molecule has 0 aliphatic carbocycles. The van der Waals surface area contributed by atoms with Gasteiger partial charge < -0.3 is 10.2 Å². The zero-order chi connectivity index (χ0) is 10.2. The van der Waals surface area contributed by atoms with Crippen molar-refractivity contribution in [2.75, 3.05) is 13.1 Å². The molecule has 1 unspecified atom stereocenters. The summed E-state index contributed by atoms with van der Waals surface area (Å²) in [7, 11) is 0. The topological polar surface area (TPSA) is 49.4 Å². The van der Waals surface area contributed by atoms with Gasteiger partial charge in [-0.2, -0.15) is 0 Å². The molecule has 1 atom stereocenters. The van der Waals surface area contributed by atoms with Gasteiger partial charge in [0, 0.05) is 13.0 Å². The Bertz CT molecular complexity index is 332. The van der Waals surface area contributed by atoms with Gasteiger partial charge in [-0.05, 0) is 12.8 Å². The monoisotopic (exact) mass is 192 g/mol. The quantitative estimate of drug-likeness (QED) is 0.569. The number of piperazine rings is 1. The van der Waals surface area contributed by atoms with Gasteiger partial charge in [0.05, 0.1) is 6.54 Å². The lowest BCUT2D eigenvalue weighted by Crippen LogP contribution is -2.64. The molecule has 4 heteroatoms. The first-order chi connectivity index (χ1) is 6.70. The maximum Gasteiger partial charge on any atom is 0.247 e. The number of nitrogens with one attached hydrogen (secondary N) is 1. The van der Waals surface area contributed by atoms with Gasteiger partial charge in [-0.15, -0.1) is 12.3 Å². The van der Waals surface area contributed by atoms with E-state index in [2.05, 4.69) is 11.2 Å². The van der Waals surface area contributed by atoms with Crippen LogP contribution in [0.3, 0.4) is 0 Å². The van der Waals surface area contributed by atoms with Crippen molar-refractivity contribution in [3.63, 3.8) is 0 Å². The maximum atomic E-state index is 11.7. The van der Waals surface area contributed by atoms with Crippen LogP contribution in [-0.4, -0.2) is 35.3 Å². The predicted molar refractivity (Wildman–Crippen MR) is 50.1 cm³/mol. The van der Waals surface area contributed by atoms with Crippen molar-refractivity contribution >= 4 is 11.8 Å². The third-order valence-electron chi connectivity index (χ3n) is 3.01. The molecule has 74 valence electrons. The lowest BCUT2D eigenvalue weighted by atomic mass is 9.89. The van der Waals surface area contributed by atoms with Crippen molar-refractivity contribution in [1.29, 1.82) is 0 Å². The summed E-state index contributed by atoms with van der Waals surface area (Å²) in [5.41, 5.74) is -0.732. The highest BCUT2D eigenvalue weighted by Gasteiger charge is 2.51. The molecule has 2 heterocycles. The highest BCUT2D eigenvalue weighted by Crippen LogP contribution is 2.34. The van der Waals surface area contributed by atoms with E-state index in [1.165, 1.54) is 0 Å². The fourth-order valence-electron chi connectivity index (χ4n) is 2.33. The van der Waals surface area contributed by atoms with Gasteiger partial charge in [0.2, 0.25) is 11.8 Å². The number of rotatable bonds is 1. The van der Waals surface area contributed by atoms with Crippen molar-refractivity contribution in [2.45, 2.75) is 24.8 Å². The lowest BCUT2D eigenvalue weighted by Gasteiger charge is -2.39. The number of carbonyl (C=O) groups excluding carboxylic acids is 2. The summed E-state index contributed by atoms with van der Waals surface area (Å²) in [6.45, 7) is 0.777. The largest absolute Gasteiger partial charge is 0.345 e. The van der Waals surface area contributed by atoms with E-state index in [0.29, 0.717) is 19.4 Å². The van der Waals surface area contributed by atoms with Gasteiger partial charge in [-0.3, -0.25) is 9.59 Å². The Kier molecular flexibility index (Phi) is 1.95. The molecular weight excluding hydrogens is 180 g/mol. The Morgan fingerprint density at radius 2 is 2.36 bits per heavy atom. The molecule has 4 nitrogen and oxygen atoms in total. The van der Waals surface area contributed by atoms with Gasteiger partial charge in [-0.25, -0.2) is 0 Å². The van der Waals surface area contributed by atoms with E-state index in [0.717, 1.165) is 6.42 Å². The third-order valence-corrected chi connectivity index (χ3v) is 3.01. The number of hydrogen-bond acceptors (Lipinski definition) is 2. The van der Waals surface area contributed by atoms with Crippen LogP contribution in [0.2, 0.25) is 0 Å². The summed E-state index contributed by atoms with van der Waals surface area (Å²) < 4.78 is 0. The number of carbonyl (C=O) groups is 2. The lowest BCUT2D eigenvalue weighted by molar-refractivity contribution is -0.150. The average molecular weight is 192 g/mol. The van der Waals surface area contributed by atoms with Crippen molar-refractivity contribution < 1.29 is 9.59 Å². The molecule has 0 aromatic carbocycles. The first-order valence-electron chi connectivity index (χ1n) is 4.73. The normalized spacial score (nSPS) is 30.9. The molecule has 0 bridgehead atoms. The summed E-state index contributed by atoms with van der Waals surface area (Å²) in [6.07, 6.45) is 7.13. The molecule has 2 fully saturated rings. The molecule has 14 heavy (non-hydrogen) atoms. The molecule has 2 amide bonds. The molecule has 2 aliphatic heterocycles. The van der Waals surface area contributed by atoms with Gasteiger partial charge >= 0.3 is 0 Å². The Labute approximate surface area is 82.6 Å². The number of nitrogens with zero attached hydrogens (tertiary/aromatic N) is 1. The SMILES string of the molecule is C#CCC12CCCN1C(=O)CNC2=O. The minimum Gasteiger partial charge on any atom is -0.345 e. The fraction of sp³-hybridized carbons (Fsp3) is 0.600. The van der Waals surface area contributed by atoms with Crippen LogP contribution in [0.25, 0.3) is 0 Å². The summed E-state index contributed by atoms with van der Waals surface area (Å²) >= 11 is 0. The van der Waals surface area contributed by atoms with Crippen molar-refractivity contribution in [3.05, 3.63) is 0 Å². The maximum absolute atomic E-state index is 11.7. The van der Waals surface area contributed by atoms with Gasteiger partial charge in [0.25, 0.3) is 0 Å². The molecule has 0 radical (unpaired) electrons. The minimum atomic E-state index is -0.732. The summed E-state index contributed by atoms with van der Waals surface area (Å²) in [5.74, 6) is 2.39. The molecule has 0 aromatic heterocycles. The van der Waals surface area contributed by atoms with Gasteiger partial charge in [0.15, 0.2) is 0 Å². The van der Waals surface area contributed by atoms with Gasteiger partial charge in [0.1, 0.15) is 5.54 Å². The van der Waals surface area contributed by atoms with E-state index in [4.69, 9.17) is 6.42 Å².